The number of nitrogens with zero attached hydrogens (tertiary/aromatic N) is 4. The average Bonchev–Trinajstić information content (AvgIpc) is 3.82. The third-order valence-electron chi connectivity index (χ3n) is 11.7. The zero-order valence-electron chi connectivity index (χ0n) is 30.7. The van der Waals surface area contributed by atoms with E-state index in [0.29, 0.717) is 17.5 Å². The van der Waals surface area contributed by atoms with E-state index in [4.69, 9.17) is 19.4 Å². The van der Waals surface area contributed by atoms with E-state index in [9.17, 15) is 0 Å². The van der Waals surface area contributed by atoms with E-state index in [2.05, 4.69) is 168 Å². The lowest BCUT2D eigenvalue weighted by atomic mass is 9.68. The van der Waals surface area contributed by atoms with Crippen molar-refractivity contribution in [2.75, 3.05) is 0 Å². The quantitative estimate of drug-likeness (QED) is 0.181. The zero-order valence-corrected chi connectivity index (χ0v) is 30.7. The summed E-state index contributed by atoms with van der Waals surface area (Å²) in [5, 5.41) is 4.30. The molecule has 0 unspecified atom stereocenters. The van der Waals surface area contributed by atoms with Crippen LogP contribution in [0.5, 0.6) is 0 Å². The van der Waals surface area contributed by atoms with Crippen molar-refractivity contribution in [3.8, 4) is 39.6 Å². The van der Waals surface area contributed by atoms with Gasteiger partial charge in [-0.25, -0.2) is 15.0 Å². The molecule has 0 atom stereocenters. The lowest BCUT2D eigenvalue weighted by molar-refractivity contribution is 0.668. The SMILES string of the molecule is c1ccc(-c2ccc3c4ccc5cc4n(c3c2)-c2ccc3oc4ccccc4c3c2-c2nc(-c3ccccc3)nc(n2)C5(c2ccccc2)c2ccccc2)cc1. The molecular weight excluding hydrogens is 697 g/mol. The lowest BCUT2D eigenvalue weighted by Crippen LogP contribution is -2.34. The molecule has 1 aliphatic rings. The van der Waals surface area contributed by atoms with Gasteiger partial charge in [0.25, 0.3) is 0 Å². The maximum absolute atomic E-state index is 6.60. The molecule has 0 radical (unpaired) electrons. The molecule has 1 aliphatic heterocycles. The van der Waals surface area contributed by atoms with Gasteiger partial charge in [-0.3, -0.25) is 0 Å². The van der Waals surface area contributed by atoms with Gasteiger partial charge in [-0.2, -0.15) is 0 Å². The summed E-state index contributed by atoms with van der Waals surface area (Å²) < 4.78 is 9.02. The van der Waals surface area contributed by atoms with Gasteiger partial charge >= 0.3 is 0 Å². The molecular formula is C52H32N4O. The highest BCUT2D eigenvalue weighted by atomic mass is 16.3. The Morgan fingerprint density at radius 2 is 1.00 bits per heavy atom. The van der Waals surface area contributed by atoms with Gasteiger partial charge in [0, 0.05) is 27.1 Å². The number of hydrogen-bond donors (Lipinski definition) is 0. The summed E-state index contributed by atoms with van der Waals surface area (Å²) >= 11 is 0. The maximum Gasteiger partial charge on any atom is 0.166 e. The van der Waals surface area contributed by atoms with Gasteiger partial charge in [0.05, 0.1) is 22.3 Å². The van der Waals surface area contributed by atoms with Crippen LogP contribution in [0, 0.1) is 0 Å². The van der Waals surface area contributed by atoms with Crippen LogP contribution >= 0.6 is 0 Å². The van der Waals surface area contributed by atoms with Gasteiger partial charge in [0.1, 0.15) is 16.6 Å². The Bertz CT molecular complexity index is 3290. The first kappa shape index (κ1) is 31.7. The summed E-state index contributed by atoms with van der Waals surface area (Å²) in [7, 11) is 0. The van der Waals surface area contributed by atoms with Crippen LogP contribution in [0.1, 0.15) is 22.5 Å². The fourth-order valence-electron chi connectivity index (χ4n) is 9.18. The second-order valence-corrected chi connectivity index (χ2v) is 14.8. The van der Waals surface area contributed by atoms with E-state index < -0.39 is 5.41 Å². The minimum Gasteiger partial charge on any atom is -0.456 e. The number of furan rings is 1. The molecule has 266 valence electrons. The van der Waals surface area contributed by atoms with E-state index in [1.807, 2.05) is 30.3 Å². The summed E-state index contributed by atoms with van der Waals surface area (Å²) in [5.74, 6) is 1.84. The Morgan fingerprint density at radius 1 is 0.404 bits per heavy atom. The topological polar surface area (TPSA) is 56.7 Å². The van der Waals surface area contributed by atoms with Crippen molar-refractivity contribution in [3.05, 3.63) is 217 Å². The first-order valence-corrected chi connectivity index (χ1v) is 19.3. The van der Waals surface area contributed by atoms with Crippen LogP contribution in [0.25, 0.3) is 83.3 Å². The number of benzene rings is 8. The maximum atomic E-state index is 6.60. The molecule has 0 spiro atoms. The van der Waals surface area contributed by atoms with E-state index in [-0.39, 0.29) is 0 Å². The minimum absolute atomic E-state index is 0.585. The van der Waals surface area contributed by atoms with Crippen LogP contribution in [0.2, 0.25) is 0 Å². The largest absolute Gasteiger partial charge is 0.456 e. The molecule has 5 nitrogen and oxygen atoms in total. The van der Waals surface area contributed by atoms with Gasteiger partial charge in [-0.15, -0.1) is 0 Å². The van der Waals surface area contributed by atoms with Crippen LogP contribution in [-0.4, -0.2) is 19.5 Å². The van der Waals surface area contributed by atoms with Crippen molar-refractivity contribution in [1.29, 1.82) is 0 Å². The number of hydrogen-bond acceptors (Lipinski definition) is 4. The summed E-state index contributed by atoms with van der Waals surface area (Å²) in [6.45, 7) is 0. The van der Waals surface area contributed by atoms with Crippen molar-refractivity contribution in [3.63, 3.8) is 0 Å². The molecule has 11 aromatic rings. The van der Waals surface area contributed by atoms with Crippen LogP contribution in [0.4, 0.5) is 0 Å². The monoisotopic (exact) mass is 728 g/mol. The van der Waals surface area contributed by atoms with Crippen LogP contribution < -0.4 is 0 Å². The molecule has 0 fully saturated rings. The van der Waals surface area contributed by atoms with Gasteiger partial charge in [0.2, 0.25) is 0 Å². The predicted octanol–water partition coefficient (Wildman–Crippen LogP) is 12.6. The van der Waals surface area contributed by atoms with Crippen molar-refractivity contribution in [1.82, 2.24) is 19.5 Å². The molecule has 4 heterocycles. The lowest BCUT2D eigenvalue weighted by Gasteiger charge is -2.35. The van der Waals surface area contributed by atoms with E-state index in [1.165, 1.54) is 5.39 Å². The molecule has 57 heavy (non-hydrogen) atoms. The molecule has 0 saturated carbocycles. The number of para-hydroxylation sites is 1. The number of fused-ring (bicyclic) bond motifs is 13. The summed E-state index contributed by atoms with van der Waals surface area (Å²) in [6.07, 6.45) is 0. The van der Waals surface area contributed by atoms with Gasteiger partial charge in [-0.1, -0.05) is 164 Å². The average molecular weight is 729 g/mol. The number of aromatic nitrogens is 4. The number of rotatable bonds is 4. The highest BCUT2D eigenvalue weighted by Gasteiger charge is 2.43. The highest BCUT2D eigenvalue weighted by Crippen LogP contribution is 2.49. The Kier molecular flexibility index (Phi) is 6.78. The Labute approximate surface area is 328 Å². The second kappa shape index (κ2) is 12.2. The summed E-state index contributed by atoms with van der Waals surface area (Å²) in [5.41, 5.74) is 11.1. The van der Waals surface area contributed by atoms with Gasteiger partial charge in [-0.05, 0) is 58.1 Å². The molecule has 4 bridgehead atoms. The first-order valence-electron chi connectivity index (χ1n) is 19.3. The van der Waals surface area contributed by atoms with E-state index in [1.54, 1.807) is 0 Å². The molecule has 12 rings (SSSR count). The van der Waals surface area contributed by atoms with Crippen LogP contribution in [0.15, 0.2) is 199 Å². The predicted molar refractivity (Wildman–Crippen MR) is 230 cm³/mol. The van der Waals surface area contributed by atoms with E-state index in [0.717, 1.165) is 83.0 Å². The van der Waals surface area contributed by atoms with Crippen molar-refractivity contribution >= 4 is 43.7 Å². The second-order valence-electron chi connectivity index (χ2n) is 14.8. The van der Waals surface area contributed by atoms with Crippen molar-refractivity contribution in [2.24, 2.45) is 0 Å². The standard InChI is InChI=1S/C52H32N4O/c1-5-15-33(16-6-1)35-25-27-39-40-28-26-38-32-44(40)56(43(39)31-35)42-29-30-46-47(41-23-13-14-24-45(41)57-46)48(42)50-53-49(34-17-7-2-8-18-34)54-51(55-50)52(38,36-19-9-3-10-20-36)37-21-11-4-12-22-37/h1-32H. The van der Waals surface area contributed by atoms with E-state index >= 15 is 0 Å². The fourth-order valence-corrected chi connectivity index (χ4v) is 9.18. The fraction of sp³-hybridized carbons (Fsp3) is 0.0192. The Morgan fingerprint density at radius 3 is 1.72 bits per heavy atom. The molecule has 3 aromatic heterocycles. The van der Waals surface area contributed by atoms with Gasteiger partial charge < -0.3 is 8.98 Å². The zero-order chi connectivity index (χ0) is 37.5. The summed E-state index contributed by atoms with van der Waals surface area (Å²) in [4.78, 5) is 16.6. The van der Waals surface area contributed by atoms with Crippen molar-refractivity contribution < 1.29 is 4.42 Å². The molecule has 8 aromatic carbocycles. The Hall–Kier alpha value is -7.63. The minimum atomic E-state index is -0.918. The molecule has 0 N–H and O–H groups in total. The first-order chi connectivity index (χ1) is 28.3. The molecule has 0 saturated heterocycles. The molecule has 0 aliphatic carbocycles. The van der Waals surface area contributed by atoms with Crippen LogP contribution in [-0.2, 0) is 5.41 Å². The Balaban J connectivity index is 1.34. The normalized spacial score (nSPS) is 13.1. The third kappa shape index (κ3) is 4.60. The molecule has 0 amide bonds. The summed E-state index contributed by atoms with van der Waals surface area (Å²) in [6, 6.07) is 68.5. The van der Waals surface area contributed by atoms with Crippen molar-refractivity contribution in [2.45, 2.75) is 5.41 Å². The van der Waals surface area contributed by atoms with Gasteiger partial charge in [0.15, 0.2) is 17.5 Å². The van der Waals surface area contributed by atoms with Crippen LogP contribution in [0.3, 0.4) is 0 Å². The molecule has 5 heteroatoms. The highest BCUT2D eigenvalue weighted by molar-refractivity contribution is 6.16. The third-order valence-corrected chi connectivity index (χ3v) is 11.7. The smallest absolute Gasteiger partial charge is 0.166 e.